The van der Waals surface area contributed by atoms with E-state index < -0.39 is 11.7 Å². The molecule has 0 aliphatic rings. The molecule has 0 aromatic heterocycles. The summed E-state index contributed by atoms with van der Waals surface area (Å²) in [6.07, 6.45) is -1.64. The standard InChI is InChI=1S/C13H14F3NO2/c1-19-9-8-17-12(18)7-4-10-2-5-11(6-3-10)13(14,15)16/h2-7H,8-9H2,1H3,(H,17,18). The fraction of sp³-hybridized carbons (Fsp3) is 0.308. The lowest BCUT2D eigenvalue weighted by Gasteiger charge is -2.05. The molecule has 1 amide bonds. The number of amides is 1. The van der Waals surface area contributed by atoms with Gasteiger partial charge in [-0.2, -0.15) is 13.2 Å². The summed E-state index contributed by atoms with van der Waals surface area (Å²) < 4.78 is 41.7. The number of methoxy groups -OCH3 is 1. The maximum atomic E-state index is 12.3. The van der Waals surface area contributed by atoms with Gasteiger partial charge in [0.15, 0.2) is 0 Å². The molecule has 0 aliphatic carbocycles. The van der Waals surface area contributed by atoms with Crippen LogP contribution in [-0.2, 0) is 15.7 Å². The zero-order chi connectivity index (χ0) is 14.3. The molecule has 0 fully saturated rings. The van der Waals surface area contributed by atoms with E-state index in [4.69, 9.17) is 4.74 Å². The molecule has 1 rings (SSSR count). The Kier molecular flexibility index (Phi) is 5.57. The molecule has 0 heterocycles. The number of benzene rings is 1. The van der Waals surface area contributed by atoms with E-state index in [1.165, 1.54) is 31.4 Å². The highest BCUT2D eigenvalue weighted by molar-refractivity contribution is 5.91. The van der Waals surface area contributed by atoms with E-state index in [0.717, 1.165) is 12.1 Å². The number of carbonyl (C=O) groups excluding carboxylic acids is 1. The van der Waals surface area contributed by atoms with Crippen molar-refractivity contribution in [2.45, 2.75) is 6.18 Å². The van der Waals surface area contributed by atoms with Crippen molar-refractivity contribution >= 4 is 12.0 Å². The molecule has 0 unspecified atom stereocenters. The highest BCUT2D eigenvalue weighted by Gasteiger charge is 2.29. The lowest BCUT2D eigenvalue weighted by atomic mass is 10.1. The number of carbonyl (C=O) groups is 1. The van der Waals surface area contributed by atoms with Gasteiger partial charge in [0.05, 0.1) is 12.2 Å². The molecule has 0 saturated carbocycles. The second-order valence-corrected chi connectivity index (χ2v) is 3.74. The first-order valence-electron chi connectivity index (χ1n) is 5.55. The highest BCUT2D eigenvalue weighted by atomic mass is 19.4. The summed E-state index contributed by atoms with van der Waals surface area (Å²) in [7, 11) is 1.52. The maximum absolute atomic E-state index is 12.3. The van der Waals surface area contributed by atoms with Crippen LogP contribution in [0.1, 0.15) is 11.1 Å². The fourth-order valence-corrected chi connectivity index (χ4v) is 1.29. The Hall–Kier alpha value is -1.82. The smallest absolute Gasteiger partial charge is 0.383 e. The van der Waals surface area contributed by atoms with Crippen LogP contribution in [0.4, 0.5) is 13.2 Å². The second-order valence-electron chi connectivity index (χ2n) is 3.74. The minimum atomic E-state index is -4.35. The van der Waals surface area contributed by atoms with Crippen molar-refractivity contribution in [1.82, 2.24) is 5.32 Å². The quantitative estimate of drug-likeness (QED) is 0.661. The van der Waals surface area contributed by atoms with Crippen LogP contribution in [0.25, 0.3) is 6.08 Å². The normalized spacial score (nSPS) is 11.8. The van der Waals surface area contributed by atoms with Crippen molar-refractivity contribution in [3.8, 4) is 0 Å². The fourth-order valence-electron chi connectivity index (χ4n) is 1.29. The number of alkyl halides is 3. The van der Waals surface area contributed by atoms with Crippen molar-refractivity contribution < 1.29 is 22.7 Å². The van der Waals surface area contributed by atoms with E-state index in [2.05, 4.69) is 5.32 Å². The predicted molar refractivity (Wildman–Crippen MR) is 65.4 cm³/mol. The topological polar surface area (TPSA) is 38.3 Å². The van der Waals surface area contributed by atoms with Crippen LogP contribution in [0.5, 0.6) is 0 Å². The first-order chi connectivity index (χ1) is 8.93. The number of ether oxygens (including phenoxy) is 1. The van der Waals surface area contributed by atoms with Gasteiger partial charge in [0, 0.05) is 19.7 Å². The van der Waals surface area contributed by atoms with Crippen molar-refractivity contribution in [2.24, 2.45) is 0 Å². The van der Waals surface area contributed by atoms with E-state index in [1.54, 1.807) is 0 Å². The molecule has 3 nitrogen and oxygen atoms in total. The Morgan fingerprint density at radius 3 is 2.47 bits per heavy atom. The second kappa shape index (κ2) is 6.94. The summed E-state index contributed by atoms with van der Waals surface area (Å²) in [5.41, 5.74) is -0.191. The van der Waals surface area contributed by atoms with Crippen molar-refractivity contribution in [1.29, 1.82) is 0 Å². The Morgan fingerprint density at radius 1 is 1.32 bits per heavy atom. The van der Waals surface area contributed by atoms with Crippen LogP contribution in [0, 0.1) is 0 Å². The highest BCUT2D eigenvalue weighted by Crippen LogP contribution is 2.29. The summed E-state index contributed by atoms with van der Waals surface area (Å²) >= 11 is 0. The third-order valence-electron chi connectivity index (χ3n) is 2.27. The number of rotatable bonds is 5. The van der Waals surface area contributed by atoms with Gasteiger partial charge in [-0.05, 0) is 23.8 Å². The number of halogens is 3. The molecule has 6 heteroatoms. The van der Waals surface area contributed by atoms with Gasteiger partial charge in [0.2, 0.25) is 5.91 Å². The van der Waals surface area contributed by atoms with Gasteiger partial charge >= 0.3 is 6.18 Å². The minimum absolute atomic E-state index is 0.322. The van der Waals surface area contributed by atoms with E-state index in [-0.39, 0.29) is 5.91 Å². The summed E-state index contributed by atoms with van der Waals surface area (Å²) in [4.78, 5) is 11.3. The Bertz CT molecular complexity index is 438. The van der Waals surface area contributed by atoms with E-state index in [0.29, 0.717) is 18.7 Å². The van der Waals surface area contributed by atoms with Gasteiger partial charge in [-0.25, -0.2) is 0 Å². The summed E-state index contributed by atoms with van der Waals surface area (Å²) in [5.74, 6) is -0.322. The third-order valence-corrected chi connectivity index (χ3v) is 2.27. The van der Waals surface area contributed by atoms with Crippen LogP contribution in [0.2, 0.25) is 0 Å². The van der Waals surface area contributed by atoms with Crippen molar-refractivity contribution in [2.75, 3.05) is 20.3 Å². The average Bonchev–Trinajstić information content (AvgIpc) is 2.36. The number of nitrogens with one attached hydrogen (secondary N) is 1. The van der Waals surface area contributed by atoms with Gasteiger partial charge in [-0.3, -0.25) is 4.79 Å². The van der Waals surface area contributed by atoms with Gasteiger partial charge in [0.25, 0.3) is 0 Å². The van der Waals surface area contributed by atoms with Crippen LogP contribution in [-0.4, -0.2) is 26.2 Å². The van der Waals surface area contributed by atoms with Gasteiger partial charge in [0.1, 0.15) is 0 Å². The molecule has 19 heavy (non-hydrogen) atoms. The van der Waals surface area contributed by atoms with Crippen LogP contribution in [0.15, 0.2) is 30.3 Å². The van der Waals surface area contributed by atoms with Crippen molar-refractivity contribution in [3.63, 3.8) is 0 Å². The summed E-state index contributed by atoms with van der Waals surface area (Å²) in [5, 5.41) is 2.56. The molecule has 0 spiro atoms. The maximum Gasteiger partial charge on any atom is 0.416 e. The number of hydrogen-bond acceptors (Lipinski definition) is 2. The summed E-state index contributed by atoms with van der Waals surface area (Å²) in [6.45, 7) is 0.784. The monoisotopic (exact) mass is 273 g/mol. The average molecular weight is 273 g/mol. The SMILES string of the molecule is COCCNC(=O)C=Cc1ccc(C(F)(F)F)cc1. The van der Waals surface area contributed by atoms with Crippen molar-refractivity contribution in [3.05, 3.63) is 41.5 Å². The first kappa shape index (κ1) is 15.2. The molecule has 1 aromatic rings. The zero-order valence-corrected chi connectivity index (χ0v) is 10.3. The molecule has 0 aliphatic heterocycles. The Balaban J connectivity index is 2.55. The Labute approximate surface area is 109 Å². The lowest BCUT2D eigenvalue weighted by Crippen LogP contribution is -2.24. The molecular weight excluding hydrogens is 259 g/mol. The summed E-state index contributed by atoms with van der Waals surface area (Å²) in [6, 6.07) is 4.56. The molecule has 0 atom stereocenters. The molecule has 104 valence electrons. The van der Waals surface area contributed by atoms with Gasteiger partial charge in [-0.15, -0.1) is 0 Å². The molecule has 0 radical (unpaired) electrons. The third kappa shape index (κ3) is 5.56. The predicted octanol–water partition coefficient (Wildman–Crippen LogP) is 2.48. The lowest BCUT2D eigenvalue weighted by molar-refractivity contribution is -0.137. The zero-order valence-electron chi connectivity index (χ0n) is 10.3. The van der Waals surface area contributed by atoms with E-state index in [9.17, 15) is 18.0 Å². The first-order valence-corrected chi connectivity index (χ1v) is 5.55. The van der Waals surface area contributed by atoms with Gasteiger partial charge in [-0.1, -0.05) is 12.1 Å². The van der Waals surface area contributed by atoms with Crippen LogP contribution >= 0.6 is 0 Å². The molecule has 0 bridgehead atoms. The van der Waals surface area contributed by atoms with E-state index in [1.807, 2.05) is 0 Å². The molecule has 1 aromatic carbocycles. The number of hydrogen-bond donors (Lipinski definition) is 1. The van der Waals surface area contributed by atoms with Crippen LogP contribution in [0.3, 0.4) is 0 Å². The molecule has 1 N–H and O–H groups in total. The van der Waals surface area contributed by atoms with Gasteiger partial charge < -0.3 is 10.1 Å². The van der Waals surface area contributed by atoms with Crippen LogP contribution < -0.4 is 5.32 Å². The molecular formula is C13H14F3NO2. The molecule has 0 saturated heterocycles. The van der Waals surface area contributed by atoms with E-state index >= 15 is 0 Å². The Morgan fingerprint density at radius 2 is 1.95 bits per heavy atom. The minimum Gasteiger partial charge on any atom is -0.383 e. The largest absolute Gasteiger partial charge is 0.416 e.